The highest BCUT2D eigenvalue weighted by Crippen LogP contribution is 2.37. The quantitative estimate of drug-likeness (QED) is 0.457. The first-order valence-corrected chi connectivity index (χ1v) is 10.2. The van der Waals surface area contributed by atoms with Gasteiger partial charge in [0.05, 0.1) is 33.9 Å². The summed E-state index contributed by atoms with van der Waals surface area (Å²) in [7, 11) is 1.48. The van der Waals surface area contributed by atoms with E-state index in [4.69, 9.17) is 32.7 Å². The second kappa shape index (κ2) is 9.07. The van der Waals surface area contributed by atoms with Gasteiger partial charge in [0.1, 0.15) is 5.57 Å². The molecule has 1 N–H and O–H groups in total. The van der Waals surface area contributed by atoms with E-state index >= 15 is 0 Å². The number of halogens is 3. The highest BCUT2D eigenvalue weighted by molar-refractivity contribution is 9.10. The lowest BCUT2D eigenvalue weighted by Crippen LogP contribution is -2.54. The summed E-state index contributed by atoms with van der Waals surface area (Å²) in [4.78, 5) is 38.5. The van der Waals surface area contributed by atoms with Gasteiger partial charge in [0.25, 0.3) is 11.8 Å². The number of carbonyl (C=O) groups is 3. The van der Waals surface area contributed by atoms with Crippen LogP contribution in [0.1, 0.15) is 12.5 Å². The van der Waals surface area contributed by atoms with Crippen LogP contribution < -0.4 is 19.7 Å². The van der Waals surface area contributed by atoms with E-state index in [0.29, 0.717) is 28.1 Å². The van der Waals surface area contributed by atoms with Crippen molar-refractivity contribution >= 4 is 68.7 Å². The molecule has 1 heterocycles. The van der Waals surface area contributed by atoms with Crippen molar-refractivity contribution in [1.82, 2.24) is 5.32 Å². The number of nitrogens with zero attached hydrogens (tertiary/aromatic N) is 1. The second-order valence-corrected chi connectivity index (χ2v) is 7.69. The number of nitrogens with one attached hydrogen (secondary N) is 1. The molecule has 1 fully saturated rings. The summed E-state index contributed by atoms with van der Waals surface area (Å²) in [6.45, 7) is 2.26. The Hall–Kier alpha value is -2.55. The Balaban J connectivity index is 2.04. The molecule has 156 valence electrons. The minimum atomic E-state index is -0.883. The molecule has 1 saturated heterocycles. The molecular formula is C20H15BrCl2N2O5. The number of barbiturate groups is 1. The van der Waals surface area contributed by atoms with Gasteiger partial charge in [-0.05, 0) is 64.8 Å². The maximum Gasteiger partial charge on any atom is 0.335 e. The number of ether oxygens (including phenoxy) is 2. The molecule has 0 atom stereocenters. The number of anilines is 1. The van der Waals surface area contributed by atoms with Crippen LogP contribution in [0.2, 0.25) is 10.0 Å². The smallest absolute Gasteiger partial charge is 0.335 e. The summed E-state index contributed by atoms with van der Waals surface area (Å²) in [5, 5.41) is 2.58. The SMILES string of the molecule is CCOc1c(Br)cc(/C=C2\C(=O)NC(=O)N(c3ccc(Cl)c(Cl)c3)C2=O)cc1OC. The normalized spacial score (nSPS) is 15.4. The van der Waals surface area contributed by atoms with Crippen molar-refractivity contribution in [2.24, 2.45) is 0 Å². The highest BCUT2D eigenvalue weighted by atomic mass is 79.9. The number of urea groups is 1. The van der Waals surface area contributed by atoms with Crippen molar-refractivity contribution in [1.29, 1.82) is 0 Å². The molecule has 2 aromatic rings. The molecule has 0 unspecified atom stereocenters. The fraction of sp³-hybridized carbons (Fsp3) is 0.150. The fourth-order valence-corrected chi connectivity index (χ4v) is 3.66. The van der Waals surface area contributed by atoms with E-state index in [1.807, 2.05) is 6.92 Å². The maximum atomic E-state index is 13.0. The Kier molecular flexibility index (Phi) is 6.70. The summed E-state index contributed by atoms with van der Waals surface area (Å²) < 4.78 is 11.5. The van der Waals surface area contributed by atoms with Crippen LogP contribution >= 0.6 is 39.1 Å². The van der Waals surface area contributed by atoms with E-state index in [-0.39, 0.29) is 21.3 Å². The number of hydrogen-bond acceptors (Lipinski definition) is 5. The van der Waals surface area contributed by atoms with Gasteiger partial charge >= 0.3 is 6.03 Å². The fourth-order valence-electron chi connectivity index (χ4n) is 2.79. The predicted molar refractivity (Wildman–Crippen MR) is 117 cm³/mol. The molecule has 4 amide bonds. The third-order valence-corrected chi connectivity index (χ3v) is 5.44. The zero-order chi connectivity index (χ0) is 22.0. The monoisotopic (exact) mass is 512 g/mol. The topological polar surface area (TPSA) is 84.9 Å². The van der Waals surface area contributed by atoms with E-state index in [1.165, 1.54) is 31.4 Å². The molecule has 0 aliphatic carbocycles. The van der Waals surface area contributed by atoms with Crippen molar-refractivity contribution in [3.05, 3.63) is 56.0 Å². The van der Waals surface area contributed by atoms with Gasteiger partial charge in [-0.2, -0.15) is 0 Å². The van der Waals surface area contributed by atoms with Gasteiger partial charge in [0, 0.05) is 0 Å². The highest BCUT2D eigenvalue weighted by Gasteiger charge is 2.37. The van der Waals surface area contributed by atoms with Crippen molar-refractivity contribution in [3.63, 3.8) is 0 Å². The van der Waals surface area contributed by atoms with Crippen LogP contribution in [0.15, 0.2) is 40.4 Å². The average molecular weight is 514 g/mol. The van der Waals surface area contributed by atoms with Crippen LogP contribution in [0.3, 0.4) is 0 Å². The van der Waals surface area contributed by atoms with E-state index in [9.17, 15) is 14.4 Å². The molecule has 7 nitrogen and oxygen atoms in total. The zero-order valence-electron chi connectivity index (χ0n) is 15.8. The molecule has 2 aromatic carbocycles. The third-order valence-electron chi connectivity index (χ3n) is 4.11. The minimum absolute atomic E-state index is 0.164. The molecule has 3 rings (SSSR count). The second-order valence-electron chi connectivity index (χ2n) is 6.02. The molecule has 0 radical (unpaired) electrons. The van der Waals surface area contributed by atoms with Gasteiger partial charge in [-0.3, -0.25) is 14.9 Å². The Morgan fingerprint density at radius 3 is 2.50 bits per heavy atom. The lowest BCUT2D eigenvalue weighted by atomic mass is 10.1. The van der Waals surface area contributed by atoms with Crippen LogP contribution in [0.4, 0.5) is 10.5 Å². The number of carbonyl (C=O) groups excluding carboxylic acids is 3. The molecule has 0 spiro atoms. The number of rotatable bonds is 5. The van der Waals surface area contributed by atoms with Crippen LogP contribution in [0.25, 0.3) is 6.08 Å². The van der Waals surface area contributed by atoms with Crippen molar-refractivity contribution in [3.8, 4) is 11.5 Å². The number of benzene rings is 2. The van der Waals surface area contributed by atoms with Gasteiger partial charge in [0.2, 0.25) is 0 Å². The Bertz CT molecular complexity index is 1090. The van der Waals surface area contributed by atoms with E-state index in [0.717, 1.165) is 4.90 Å². The first-order valence-electron chi connectivity index (χ1n) is 8.63. The first kappa shape index (κ1) is 22.1. The Morgan fingerprint density at radius 1 is 1.13 bits per heavy atom. The number of amides is 4. The van der Waals surface area contributed by atoms with Gasteiger partial charge < -0.3 is 9.47 Å². The van der Waals surface area contributed by atoms with Gasteiger partial charge in [-0.1, -0.05) is 23.2 Å². The lowest BCUT2D eigenvalue weighted by molar-refractivity contribution is -0.122. The minimum Gasteiger partial charge on any atom is -0.493 e. The van der Waals surface area contributed by atoms with Crippen molar-refractivity contribution in [2.75, 3.05) is 18.6 Å². The van der Waals surface area contributed by atoms with E-state index in [2.05, 4.69) is 21.2 Å². The molecule has 1 aliphatic rings. The molecule has 30 heavy (non-hydrogen) atoms. The summed E-state index contributed by atoms with van der Waals surface area (Å²) in [6, 6.07) is 6.67. The van der Waals surface area contributed by atoms with Crippen molar-refractivity contribution < 1.29 is 23.9 Å². The zero-order valence-corrected chi connectivity index (χ0v) is 18.9. The van der Waals surface area contributed by atoms with Gasteiger partial charge in [0.15, 0.2) is 11.5 Å². The van der Waals surface area contributed by atoms with Crippen molar-refractivity contribution in [2.45, 2.75) is 6.92 Å². The summed E-state index contributed by atoms with van der Waals surface area (Å²) in [6.07, 6.45) is 1.36. The van der Waals surface area contributed by atoms with Crippen LogP contribution in [-0.4, -0.2) is 31.6 Å². The summed E-state index contributed by atoms with van der Waals surface area (Å²) >= 11 is 15.3. The summed E-state index contributed by atoms with van der Waals surface area (Å²) in [5.74, 6) is -0.704. The Labute approximate surface area is 190 Å². The molecule has 0 aromatic heterocycles. The van der Waals surface area contributed by atoms with Gasteiger partial charge in [-0.25, -0.2) is 9.69 Å². The molecule has 0 saturated carbocycles. The van der Waals surface area contributed by atoms with Crippen LogP contribution in [-0.2, 0) is 9.59 Å². The first-order chi connectivity index (χ1) is 14.3. The standard InChI is InChI=1S/C20H15BrCl2N2O5/c1-3-30-17-13(21)7-10(8-16(17)29-2)6-12-18(26)24-20(28)25(19(12)27)11-4-5-14(22)15(23)9-11/h4-9H,3H2,1-2H3,(H,24,26,28)/b12-6+. The number of methoxy groups -OCH3 is 1. The lowest BCUT2D eigenvalue weighted by Gasteiger charge is -2.26. The average Bonchev–Trinajstić information content (AvgIpc) is 2.69. The number of hydrogen-bond donors (Lipinski definition) is 1. The van der Waals surface area contributed by atoms with E-state index in [1.54, 1.807) is 12.1 Å². The molecule has 0 bridgehead atoms. The predicted octanol–water partition coefficient (Wildman–Crippen LogP) is 4.83. The van der Waals surface area contributed by atoms with Crippen LogP contribution in [0, 0.1) is 0 Å². The molecular weight excluding hydrogens is 499 g/mol. The van der Waals surface area contributed by atoms with Crippen LogP contribution in [0.5, 0.6) is 11.5 Å². The molecule has 10 heteroatoms. The largest absolute Gasteiger partial charge is 0.493 e. The van der Waals surface area contributed by atoms with E-state index < -0.39 is 17.8 Å². The maximum absolute atomic E-state index is 13.0. The Morgan fingerprint density at radius 2 is 1.87 bits per heavy atom. The summed E-state index contributed by atoms with van der Waals surface area (Å²) in [5.41, 5.74) is 0.429. The third kappa shape index (κ3) is 4.30. The van der Waals surface area contributed by atoms with Gasteiger partial charge in [-0.15, -0.1) is 0 Å². The number of imide groups is 2. The molecule has 1 aliphatic heterocycles.